The predicted molar refractivity (Wildman–Crippen MR) is 110 cm³/mol. The molecule has 4 heterocycles. The standard InChI is InChI=1S/C21H28N6O2/c1-16-4-2-6-19(23-16)25-20-15-22-14-17(24-20)18-5-3-8-26(18)9-7-21(28)27-10-12-29-13-11-27/h2,4,6,14-15,18H,3,5,7-13H2,1H3,(H,23,24,25). The Hall–Kier alpha value is -2.58. The van der Waals surface area contributed by atoms with Gasteiger partial charge in [0.05, 0.1) is 37.3 Å². The number of amides is 1. The van der Waals surface area contributed by atoms with Gasteiger partial charge in [0.25, 0.3) is 0 Å². The van der Waals surface area contributed by atoms with Gasteiger partial charge in [-0.1, -0.05) is 6.07 Å². The Morgan fingerprint density at radius 3 is 2.86 bits per heavy atom. The second-order valence-electron chi connectivity index (χ2n) is 7.56. The molecule has 0 radical (unpaired) electrons. The van der Waals surface area contributed by atoms with Gasteiger partial charge in [-0.25, -0.2) is 9.97 Å². The summed E-state index contributed by atoms with van der Waals surface area (Å²) in [5.74, 6) is 1.67. The van der Waals surface area contributed by atoms with E-state index in [9.17, 15) is 4.79 Å². The first kappa shape index (κ1) is 19.7. The lowest BCUT2D eigenvalue weighted by atomic mass is 10.1. The zero-order chi connectivity index (χ0) is 20.1. The molecule has 1 atom stereocenters. The summed E-state index contributed by atoms with van der Waals surface area (Å²) in [6, 6.07) is 6.04. The van der Waals surface area contributed by atoms with Crippen molar-refractivity contribution in [2.45, 2.75) is 32.2 Å². The second-order valence-corrected chi connectivity index (χ2v) is 7.56. The smallest absolute Gasteiger partial charge is 0.224 e. The lowest BCUT2D eigenvalue weighted by molar-refractivity contribution is -0.135. The predicted octanol–water partition coefficient (Wildman–Crippen LogP) is 2.31. The van der Waals surface area contributed by atoms with E-state index in [1.165, 1.54) is 0 Å². The Labute approximate surface area is 171 Å². The van der Waals surface area contributed by atoms with Crippen molar-refractivity contribution in [3.63, 3.8) is 0 Å². The van der Waals surface area contributed by atoms with Gasteiger partial charge in [0.2, 0.25) is 5.91 Å². The molecule has 4 rings (SSSR count). The molecule has 0 aliphatic carbocycles. The van der Waals surface area contributed by atoms with Crippen LogP contribution in [0.15, 0.2) is 30.6 Å². The highest BCUT2D eigenvalue weighted by Gasteiger charge is 2.28. The van der Waals surface area contributed by atoms with Crippen LogP contribution in [0.25, 0.3) is 0 Å². The van der Waals surface area contributed by atoms with Gasteiger partial charge in [-0.3, -0.25) is 14.7 Å². The quantitative estimate of drug-likeness (QED) is 0.802. The number of aryl methyl sites for hydroxylation is 1. The minimum absolute atomic E-state index is 0.201. The molecule has 1 unspecified atom stereocenters. The number of carbonyl (C=O) groups excluding carboxylic acids is 1. The molecule has 2 aliphatic rings. The average molecular weight is 396 g/mol. The first-order valence-electron chi connectivity index (χ1n) is 10.3. The van der Waals surface area contributed by atoms with E-state index in [2.05, 4.69) is 20.2 Å². The number of morpholine rings is 1. The first-order valence-corrected chi connectivity index (χ1v) is 10.3. The summed E-state index contributed by atoms with van der Waals surface area (Å²) >= 11 is 0. The Morgan fingerprint density at radius 2 is 2.03 bits per heavy atom. The number of likely N-dealkylation sites (tertiary alicyclic amines) is 1. The highest BCUT2D eigenvalue weighted by molar-refractivity contribution is 5.76. The van der Waals surface area contributed by atoms with Crippen LogP contribution >= 0.6 is 0 Å². The summed E-state index contributed by atoms with van der Waals surface area (Å²) in [6.07, 6.45) is 6.23. The summed E-state index contributed by atoms with van der Waals surface area (Å²) in [5, 5.41) is 3.24. The van der Waals surface area contributed by atoms with Crippen LogP contribution < -0.4 is 5.32 Å². The summed E-state index contributed by atoms with van der Waals surface area (Å²) in [6.45, 7) is 6.39. The van der Waals surface area contributed by atoms with Gasteiger partial charge in [0, 0.05) is 31.7 Å². The van der Waals surface area contributed by atoms with Crippen molar-refractivity contribution < 1.29 is 9.53 Å². The fourth-order valence-corrected chi connectivity index (χ4v) is 3.98. The van der Waals surface area contributed by atoms with Crippen LogP contribution in [0.2, 0.25) is 0 Å². The lowest BCUT2D eigenvalue weighted by Crippen LogP contribution is -2.42. The molecule has 2 aromatic rings. The van der Waals surface area contributed by atoms with E-state index in [1.54, 1.807) is 6.20 Å². The van der Waals surface area contributed by atoms with Crippen molar-refractivity contribution in [3.8, 4) is 0 Å². The van der Waals surface area contributed by atoms with Gasteiger partial charge in [-0.15, -0.1) is 0 Å². The molecule has 0 aromatic carbocycles. The van der Waals surface area contributed by atoms with Gasteiger partial charge < -0.3 is 15.0 Å². The van der Waals surface area contributed by atoms with Crippen LogP contribution in [0, 0.1) is 6.92 Å². The average Bonchev–Trinajstić information content (AvgIpc) is 3.21. The third-order valence-corrected chi connectivity index (χ3v) is 5.48. The van der Waals surface area contributed by atoms with Crippen LogP contribution in [-0.4, -0.2) is 70.1 Å². The number of anilines is 2. The summed E-state index contributed by atoms with van der Waals surface area (Å²) < 4.78 is 5.33. The normalized spacial score (nSPS) is 20.0. The molecule has 154 valence electrons. The van der Waals surface area contributed by atoms with E-state index in [1.807, 2.05) is 36.2 Å². The van der Waals surface area contributed by atoms with Crippen molar-refractivity contribution in [2.75, 3.05) is 44.7 Å². The largest absolute Gasteiger partial charge is 0.378 e. The van der Waals surface area contributed by atoms with Gasteiger partial charge >= 0.3 is 0 Å². The summed E-state index contributed by atoms with van der Waals surface area (Å²) in [7, 11) is 0. The molecule has 0 spiro atoms. The maximum atomic E-state index is 12.5. The zero-order valence-electron chi connectivity index (χ0n) is 16.9. The minimum atomic E-state index is 0.201. The molecule has 0 saturated carbocycles. The van der Waals surface area contributed by atoms with E-state index >= 15 is 0 Å². The maximum Gasteiger partial charge on any atom is 0.224 e. The number of carbonyl (C=O) groups is 1. The summed E-state index contributed by atoms with van der Waals surface area (Å²) in [4.78, 5) is 30.4. The molecule has 2 saturated heterocycles. The molecule has 0 bridgehead atoms. The van der Waals surface area contributed by atoms with Crippen molar-refractivity contribution in [1.29, 1.82) is 0 Å². The molecule has 1 N–H and O–H groups in total. The van der Waals surface area contributed by atoms with Crippen molar-refractivity contribution >= 4 is 17.5 Å². The molecule has 8 nitrogen and oxygen atoms in total. The molecule has 2 aromatic heterocycles. The topological polar surface area (TPSA) is 83.5 Å². The molecule has 8 heteroatoms. The lowest BCUT2D eigenvalue weighted by Gasteiger charge is -2.29. The van der Waals surface area contributed by atoms with E-state index in [4.69, 9.17) is 9.72 Å². The minimum Gasteiger partial charge on any atom is -0.378 e. The van der Waals surface area contributed by atoms with Gasteiger partial charge in [0.15, 0.2) is 0 Å². The second kappa shape index (κ2) is 9.28. The van der Waals surface area contributed by atoms with E-state index in [0.717, 1.165) is 43.1 Å². The molecule has 29 heavy (non-hydrogen) atoms. The molecule has 2 fully saturated rings. The molecular weight excluding hydrogens is 368 g/mol. The fourth-order valence-electron chi connectivity index (χ4n) is 3.98. The molecular formula is C21H28N6O2. The van der Waals surface area contributed by atoms with Crippen LogP contribution in [0.3, 0.4) is 0 Å². The van der Waals surface area contributed by atoms with Gasteiger partial charge in [-0.2, -0.15) is 0 Å². The SMILES string of the molecule is Cc1cccc(Nc2cncc(C3CCCN3CCC(=O)N3CCOCC3)n2)n1. The van der Waals surface area contributed by atoms with E-state index in [0.29, 0.717) is 38.5 Å². The van der Waals surface area contributed by atoms with Crippen molar-refractivity contribution in [3.05, 3.63) is 42.0 Å². The fraction of sp³-hybridized carbons (Fsp3) is 0.524. The van der Waals surface area contributed by atoms with Crippen LogP contribution in [0.4, 0.5) is 11.6 Å². The Kier molecular flexibility index (Phi) is 6.31. The monoisotopic (exact) mass is 396 g/mol. The number of hydrogen-bond donors (Lipinski definition) is 1. The number of rotatable bonds is 6. The maximum absolute atomic E-state index is 12.5. The van der Waals surface area contributed by atoms with Crippen LogP contribution in [0.5, 0.6) is 0 Å². The number of nitrogens with one attached hydrogen (secondary N) is 1. The zero-order valence-corrected chi connectivity index (χ0v) is 16.9. The van der Waals surface area contributed by atoms with Gasteiger partial charge in [0.1, 0.15) is 11.6 Å². The highest BCUT2D eigenvalue weighted by Crippen LogP contribution is 2.31. The Bertz CT molecular complexity index is 839. The molecule has 2 aliphatic heterocycles. The first-order chi connectivity index (χ1) is 14.2. The number of hydrogen-bond acceptors (Lipinski definition) is 7. The summed E-state index contributed by atoms with van der Waals surface area (Å²) in [5.41, 5.74) is 1.89. The molecule has 1 amide bonds. The van der Waals surface area contributed by atoms with Crippen LogP contribution in [0.1, 0.15) is 36.7 Å². The number of ether oxygens (including phenoxy) is 1. The van der Waals surface area contributed by atoms with Crippen molar-refractivity contribution in [1.82, 2.24) is 24.8 Å². The Morgan fingerprint density at radius 1 is 1.17 bits per heavy atom. The van der Waals surface area contributed by atoms with E-state index in [-0.39, 0.29) is 11.9 Å². The third-order valence-electron chi connectivity index (χ3n) is 5.48. The number of pyridine rings is 1. The van der Waals surface area contributed by atoms with E-state index < -0.39 is 0 Å². The highest BCUT2D eigenvalue weighted by atomic mass is 16.5. The van der Waals surface area contributed by atoms with Gasteiger partial charge in [-0.05, 0) is 38.4 Å². The third kappa shape index (κ3) is 5.07. The number of aromatic nitrogens is 3. The van der Waals surface area contributed by atoms with Crippen molar-refractivity contribution in [2.24, 2.45) is 0 Å². The number of nitrogens with zero attached hydrogens (tertiary/aromatic N) is 5. The Balaban J connectivity index is 1.38. The van der Waals surface area contributed by atoms with Crippen LogP contribution in [-0.2, 0) is 9.53 Å².